The van der Waals surface area contributed by atoms with E-state index in [1.807, 2.05) is 6.07 Å². The van der Waals surface area contributed by atoms with Crippen molar-refractivity contribution in [3.63, 3.8) is 0 Å². The highest BCUT2D eigenvalue weighted by atomic mass is 19.1. The fourth-order valence-corrected chi connectivity index (χ4v) is 3.80. The molecular weight excluding hydrogens is 225 g/mol. The lowest BCUT2D eigenvalue weighted by Crippen LogP contribution is -2.61. The van der Waals surface area contributed by atoms with Crippen LogP contribution in [0, 0.1) is 17.2 Å². The molecule has 0 radical (unpaired) electrons. The van der Waals surface area contributed by atoms with Gasteiger partial charge in [0, 0.05) is 6.04 Å². The summed E-state index contributed by atoms with van der Waals surface area (Å²) in [5.74, 6) is 0.886. The highest BCUT2D eigenvalue weighted by molar-refractivity contribution is 5.29. The molecule has 1 N–H and O–H groups in total. The third-order valence-corrected chi connectivity index (χ3v) is 4.48. The number of benzene rings is 1. The molecule has 3 atom stereocenters. The van der Waals surface area contributed by atoms with Crippen LogP contribution in [0.25, 0.3) is 0 Å². The fraction of sp³-hybridized carbons (Fsp3) is 0.625. The molecule has 3 unspecified atom stereocenters. The van der Waals surface area contributed by atoms with Crippen LogP contribution in [0.4, 0.5) is 4.39 Å². The smallest absolute Gasteiger partial charge is 0.123 e. The Morgan fingerprint density at radius 2 is 2.06 bits per heavy atom. The average molecular weight is 249 g/mol. The van der Waals surface area contributed by atoms with Crippen LogP contribution in [-0.4, -0.2) is 12.6 Å². The van der Waals surface area contributed by atoms with Crippen molar-refractivity contribution in [2.75, 3.05) is 6.54 Å². The summed E-state index contributed by atoms with van der Waals surface area (Å²) in [6.45, 7) is 10.1. The third-order valence-electron chi connectivity index (χ3n) is 4.48. The number of halogens is 1. The molecule has 0 aromatic heterocycles. The molecule has 0 spiro atoms. The van der Waals surface area contributed by atoms with E-state index in [1.165, 1.54) is 6.07 Å². The van der Waals surface area contributed by atoms with Gasteiger partial charge in [-0.2, -0.15) is 0 Å². The first-order valence-corrected chi connectivity index (χ1v) is 6.97. The standard InChI is InChI=1S/C16H24FN/c1-5-9-18-15-11(2)14(16(15,3)4)12-7-6-8-13(17)10-12/h6-8,10-11,14-15,18H,5,9H2,1-4H3. The van der Waals surface area contributed by atoms with Gasteiger partial charge in [-0.15, -0.1) is 0 Å². The van der Waals surface area contributed by atoms with E-state index in [0.29, 0.717) is 17.9 Å². The molecule has 0 bridgehead atoms. The molecule has 2 rings (SSSR count). The molecule has 1 nitrogen and oxygen atoms in total. The van der Waals surface area contributed by atoms with Gasteiger partial charge in [0.05, 0.1) is 0 Å². The molecule has 1 aliphatic carbocycles. The maximum absolute atomic E-state index is 13.4. The molecule has 1 fully saturated rings. The zero-order chi connectivity index (χ0) is 13.3. The van der Waals surface area contributed by atoms with E-state index in [0.717, 1.165) is 18.5 Å². The predicted molar refractivity (Wildman–Crippen MR) is 74.2 cm³/mol. The minimum absolute atomic E-state index is 0.125. The van der Waals surface area contributed by atoms with Gasteiger partial charge in [-0.05, 0) is 47.9 Å². The van der Waals surface area contributed by atoms with Gasteiger partial charge in [0.2, 0.25) is 0 Å². The first-order chi connectivity index (χ1) is 8.48. The summed E-state index contributed by atoms with van der Waals surface area (Å²) in [6, 6.07) is 7.62. The zero-order valence-electron chi connectivity index (χ0n) is 11.8. The predicted octanol–water partition coefficient (Wildman–Crippen LogP) is 3.95. The Labute approximate surface area is 110 Å². The van der Waals surface area contributed by atoms with E-state index in [9.17, 15) is 4.39 Å². The highest BCUT2D eigenvalue weighted by Crippen LogP contribution is 2.56. The van der Waals surface area contributed by atoms with Gasteiger partial charge in [0.25, 0.3) is 0 Å². The van der Waals surface area contributed by atoms with E-state index in [-0.39, 0.29) is 11.2 Å². The van der Waals surface area contributed by atoms with Gasteiger partial charge >= 0.3 is 0 Å². The Hall–Kier alpha value is -0.890. The summed E-state index contributed by atoms with van der Waals surface area (Å²) in [6.07, 6.45) is 1.16. The van der Waals surface area contributed by atoms with Gasteiger partial charge in [-0.25, -0.2) is 4.39 Å². The van der Waals surface area contributed by atoms with Gasteiger partial charge < -0.3 is 5.32 Å². The van der Waals surface area contributed by atoms with Crippen molar-refractivity contribution in [1.29, 1.82) is 0 Å². The van der Waals surface area contributed by atoms with Crippen LogP contribution in [-0.2, 0) is 0 Å². The Balaban J connectivity index is 2.16. The van der Waals surface area contributed by atoms with Crippen molar-refractivity contribution in [1.82, 2.24) is 5.32 Å². The SMILES string of the molecule is CCCNC1C(C)C(c2cccc(F)c2)C1(C)C. The lowest BCUT2D eigenvalue weighted by atomic mass is 9.50. The monoisotopic (exact) mass is 249 g/mol. The average Bonchev–Trinajstić information content (AvgIpc) is 2.29. The van der Waals surface area contributed by atoms with Gasteiger partial charge in [0.1, 0.15) is 5.82 Å². The largest absolute Gasteiger partial charge is 0.313 e. The molecule has 0 amide bonds. The molecule has 0 saturated heterocycles. The second-order valence-corrected chi connectivity index (χ2v) is 6.14. The van der Waals surface area contributed by atoms with Crippen molar-refractivity contribution in [3.05, 3.63) is 35.6 Å². The van der Waals surface area contributed by atoms with Crippen LogP contribution in [0.15, 0.2) is 24.3 Å². The minimum atomic E-state index is -0.125. The Bertz CT molecular complexity index is 413. The second-order valence-electron chi connectivity index (χ2n) is 6.14. The first-order valence-electron chi connectivity index (χ1n) is 6.97. The van der Waals surface area contributed by atoms with E-state index in [1.54, 1.807) is 6.07 Å². The zero-order valence-corrected chi connectivity index (χ0v) is 11.8. The first kappa shape index (κ1) is 13.5. The molecule has 0 aliphatic heterocycles. The number of hydrogen-bond donors (Lipinski definition) is 1. The number of nitrogens with one attached hydrogen (secondary N) is 1. The summed E-state index contributed by atoms with van der Waals surface area (Å²) in [7, 11) is 0. The van der Waals surface area contributed by atoms with Crippen molar-refractivity contribution >= 4 is 0 Å². The summed E-state index contributed by atoms with van der Waals surface area (Å²) >= 11 is 0. The Morgan fingerprint density at radius 1 is 1.33 bits per heavy atom. The van der Waals surface area contributed by atoms with Crippen LogP contribution >= 0.6 is 0 Å². The lowest BCUT2D eigenvalue weighted by Gasteiger charge is -2.58. The summed E-state index contributed by atoms with van der Waals surface area (Å²) < 4.78 is 13.4. The molecule has 1 aromatic rings. The van der Waals surface area contributed by atoms with Gasteiger partial charge in [-0.1, -0.05) is 39.8 Å². The lowest BCUT2D eigenvalue weighted by molar-refractivity contribution is 0.000450. The van der Waals surface area contributed by atoms with E-state index >= 15 is 0 Å². The maximum Gasteiger partial charge on any atom is 0.123 e. The van der Waals surface area contributed by atoms with Crippen molar-refractivity contribution in [2.24, 2.45) is 11.3 Å². The van der Waals surface area contributed by atoms with Crippen LogP contribution in [0.2, 0.25) is 0 Å². The summed E-state index contributed by atoms with van der Waals surface area (Å²) in [4.78, 5) is 0. The second kappa shape index (κ2) is 5.00. The topological polar surface area (TPSA) is 12.0 Å². The molecule has 0 heterocycles. The molecule has 1 aromatic carbocycles. The van der Waals surface area contributed by atoms with E-state index in [2.05, 4.69) is 39.1 Å². The molecule has 2 heteroatoms. The van der Waals surface area contributed by atoms with E-state index in [4.69, 9.17) is 0 Å². The molecule has 18 heavy (non-hydrogen) atoms. The normalized spacial score (nSPS) is 29.9. The number of rotatable bonds is 4. The molecular formula is C16H24FN. The highest BCUT2D eigenvalue weighted by Gasteiger charge is 2.53. The van der Waals surface area contributed by atoms with Crippen LogP contribution in [0.5, 0.6) is 0 Å². The molecule has 100 valence electrons. The van der Waals surface area contributed by atoms with Crippen molar-refractivity contribution in [2.45, 2.75) is 46.1 Å². The van der Waals surface area contributed by atoms with Crippen molar-refractivity contribution < 1.29 is 4.39 Å². The van der Waals surface area contributed by atoms with Crippen molar-refractivity contribution in [3.8, 4) is 0 Å². The fourth-order valence-electron chi connectivity index (χ4n) is 3.80. The van der Waals surface area contributed by atoms with Crippen LogP contribution in [0.3, 0.4) is 0 Å². The van der Waals surface area contributed by atoms with Gasteiger partial charge in [-0.3, -0.25) is 0 Å². The third kappa shape index (κ3) is 2.18. The minimum Gasteiger partial charge on any atom is -0.313 e. The molecule has 1 aliphatic rings. The molecule has 1 saturated carbocycles. The van der Waals surface area contributed by atoms with Crippen LogP contribution < -0.4 is 5.32 Å². The van der Waals surface area contributed by atoms with Gasteiger partial charge in [0.15, 0.2) is 0 Å². The Kier molecular flexibility index (Phi) is 3.76. The Morgan fingerprint density at radius 3 is 2.61 bits per heavy atom. The van der Waals surface area contributed by atoms with E-state index < -0.39 is 0 Å². The number of hydrogen-bond acceptors (Lipinski definition) is 1. The van der Waals surface area contributed by atoms with Crippen LogP contribution in [0.1, 0.15) is 45.6 Å². The quantitative estimate of drug-likeness (QED) is 0.852. The summed E-state index contributed by atoms with van der Waals surface area (Å²) in [5.41, 5.74) is 1.34. The summed E-state index contributed by atoms with van der Waals surface area (Å²) in [5, 5.41) is 3.63. The maximum atomic E-state index is 13.4.